The quantitative estimate of drug-likeness (QED) is 0.766. The fraction of sp³-hybridized carbons (Fsp3) is 0.765. The second-order valence-corrected chi connectivity index (χ2v) is 7.37. The molecule has 1 fully saturated rings. The van der Waals surface area contributed by atoms with Crippen LogP contribution in [0.4, 0.5) is 0 Å². The van der Waals surface area contributed by atoms with E-state index in [1.54, 1.807) is 0 Å². The average Bonchev–Trinajstić information content (AvgIpc) is 2.95. The lowest BCUT2D eigenvalue weighted by Gasteiger charge is -2.33. The van der Waals surface area contributed by atoms with Crippen LogP contribution in [0.15, 0.2) is 12.2 Å². The Labute approximate surface area is 127 Å². The van der Waals surface area contributed by atoms with Gasteiger partial charge in [-0.2, -0.15) is 0 Å². The van der Waals surface area contributed by atoms with Crippen LogP contribution in [0.25, 0.3) is 0 Å². The fourth-order valence-electron chi connectivity index (χ4n) is 3.84. The van der Waals surface area contributed by atoms with Gasteiger partial charge in [0.15, 0.2) is 0 Å². The van der Waals surface area contributed by atoms with E-state index in [-0.39, 0.29) is 23.7 Å². The first-order valence-electron chi connectivity index (χ1n) is 8.01. The number of aliphatic carboxylic acids is 1. The standard InChI is InChI=1S/C17H27NO3/c1-10(2)8-18(9-11(3)4)16(19)14-12-5-6-13(7-12)15(14)17(20)21/h5-6,10-15H,7-9H2,1-4H3,(H,20,21)/t12-,13-,14+,15+/m0/s1. The van der Waals surface area contributed by atoms with E-state index in [0.29, 0.717) is 24.9 Å². The van der Waals surface area contributed by atoms with E-state index in [9.17, 15) is 14.7 Å². The number of nitrogens with zero attached hydrogens (tertiary/aromatic N) is 1. The number of carboxylic acid groups (broad SMARTS) is 1. The van der Waals surface area contributed by atoms with E-state index >= 15 is 0 Å². The van der Waals surface area contributed by atoms with Gasteiger partial charge in [-0.1, -0.05) is 39.8 Å². The maximum absolute atomic E-state index is 12.9. The van der Waals surface area contributed by atoms with Crippen LogP contribution in [-0.4, -0.2) is 35.0 Å². The molecule has 1 saturated carbocycles. The number of fused-ring (bicyclic) bond motifs is 2. The van der Waals surface area contributed by atoms with Gasteiger partial charge in [0.1, 0.15) is 0 Å². The van der Waals surface area contributed by atoms with Crippen LogP contribution in [0.5, 0.6) is 0 Å². The summed E-state index contributed by atoms with van der Waals surface area (Å²) in [6.07, 6.45) is 4.86. The van der Waals surface area contributed by atoms with E-state index in [0.717, 1.165) is 6.42 Å². The zero-order chi connectivity index (χ0) is 15.7. The molecule has 1 amide bonds. The highest BCUT2D eigenvalue weighted by Crippen LogP contribution is 2.48. The third kappa shape index (κ3) is 3.30. The van der Waals surface area contributed by atoms with Gasteiger partial charge in [0.2, 0.25) is 5.91 Å². The predicted molar refractivity (Wildman–Crippen MR) is 81.6 cm³/mol. The van der Waals surface area contributed by atoms with Crippen molar-refractivity contribution in [1.82, 2.24) is 4.90 Å². The number of allylic oxidation sites excluding steroid dienone is 2. The predicted octanol–water partition coefficient (Wildman–Crippen LogP) is 2.65. The first kappa shape index (κ1) is 16.1. The van der Waals surface area contributed by atoms with Crippen LogP contribution in [0.2, 0.25) is 0 Å². The number of carbonyl (C=O) groups excluding carboxylic acids is 1. The van der Waals surface area contributed by atoms with Gasteiger partial charge in [0.25, 0.3) is 0 Å². The molecule has 0 spiro atoms. The smallest absolute Gasteiger partial charge is 0.307 e. The molecule has 118 valence electrons. The summed E-state index contributed by atoms with van der Waals surface area (Å²) >= 11 is 0. The van der Waals surface area contributed by atoms with Crippen molar-refractivity contribution in [3.05, 3.63) is 12.2 Å². The Kier molecular flexibility index (Phi) is 4.74. The summed E-state index contributed by atoms with van der Waals surface area (Å²) in [7, 11) is 0. The van der Waals surface area contributed by atoms with Crippen LogP contribution in [-0.2, 0) is 9.59 Å². The fourth-order valence-corrected chi connectivity index (χ4v) is 3.84. The van der Waals surface area contributed by atoms with E-state index in [1.165, 1.54) is 0 Å². The first-order chi connectivity index (χ1) is 9.81. The summed E-state index contributed by atoms with van der Waals surface area (Å²) < 4.78 is 0. The number of amides is 1. The Hall–Kier alpha value is -1.32. The Balaban J connectivity index is 2.19. The highest BCUT2D eigenvalue weighted by atomic mass is 16.4. The van der Waals surface area contributed by atoms with Crippen molar-refractivity contribution in [2.75, 3.05) is 13.1 Å². The molecule has 0 heterocycles. The molecule has 2 rings (SSSR count). The minimum Gasteiger partial charge on any atom is -0.481 e. The average molecular weight is 293 g/mol. The van der Waals surface area contributed by atoms with Gasteiger partial charge in [-0.3, -0.25) is 9.59 Å². The molecule has 0 aromatic heterocycles. The minimum atomic E-state index is -0.820. The molecule has 4 heteroatoms. The molecule has 1 N–H and O–H groups in total. The largest absolute Gasteiger partial charge is 0.481 e. The van der Waals surface area contributed by atoms with Crippen LogP contribution >= 0.6 is 0 Å². The van der Waals surface area contributed by atoms with Gasteiger partial charge in [-0.15, -0.1) is 0 Å². The maximum atomic E-state index is 12.9. The molecule has 0 aromatic carbocycles. The van der Waals surface area contributed by atoms with E-state index < -0.39 is 11.9 Å². The SMILES string of the molecule is CC(C)CN(CC(C)C)C(=O)[C@H]1[C@H](C(=O)O)[C@H]2C=C[C@H]1C2. The highest BCUT2D eigenvalue weighted by molar-refractivity contribution is 5.87. The van der Waals surface area contributed by atoms with Crippen LogP contribution < -0.4 is 0 Å². The minimum absolute atomic E-state index is 0.0430. The Morgan fingerprint density at radius 2 is 1.52 bits per heavy atom. The van der Waals surface area contributed by atoms with Crippen molar-refractivity contribution in [3.63, 3.8) is 0 Å². The van der Waals surface area contributed by atoms with Crippen molar-refractivity contribution in [2.24, 2.45) is 35.5 Å². The molecule has 0 aliphatic heterocycles. The third-order valence-corrected chi connectivity index (χ3v) is 4.51. The van der Waals surface area contributed by atoms with Crippen molar-refractivity contribution in [2.45, 2.75) is 34.1 Å². The van der Waals surface area contributed by atoms with E-state index in [2.05, 4.69) is 33.8 Å². The second kappa shape index (κ2) is 6.20. The lowest BCUT2D eigenvalue weighted by Crippen LogP contribution is -2.45. The summed E-state index contributed by atoms with van der Waals surface area (Å²) in [6.45, 7) is 9.79. The Bertz CT molecular complexity index is 431. The molecule has 2 bridgehead atoms. The van der Waals surface area contributed by atoms with Crippen molar-refractivity contribution in [1.29, 1.82) is 0 Å². The van der Waals surface area contributed by atoms with Crippen molar-refractivity contribution < 1.29 is 14.7 Å². The number of carbonyl (C=O) groups is 2. The van der Waals surface area contributed by atoms with Gasteiger partial charge in [-0.25, -0.2) is 0 Å². The molecule has 0 aromatic rings. The van der Waals surface area contributed by atoms with Gasteiger partial charge < -0.3 is 10.0 Å². The number of carboxylic acids is 1. The lowest BCUT2D eigenvalue weighted by molar-refractivity contribution is -0.151. The lowest BCUT2D eigenvalue weighted by atomic mass is 9.82. The molecule has 0 radical (unpaired) electrons. The molecule has 4 atom stereocenters. The Morgan fingerprint density at radius 1 is 1.05 bits per heavy atom. The highest BCUT2D eigenvalue weighted by Gasteiger charge is 2.52. The van der Waals surface area contributed by atoms with Gasteiger partial charge in [0, 0.05) is 13.1 Å². The van der Waals surface area contributed by atoms with Crippen molar-refractivity contribution in [3.8, 4) is 0 Å². The van der Waals surface area contributed by atoms with Gasteiger partial charge >= 0.3 is 5.97 Å². The summed E-state index contributed by atoms with van der Waals surface area (Å²) in [4.78, 5) is 26.4. The van der Waals surface area contributed by atoms with Crippen LogP contribution in [0.1, 0.15) is 34.1 Å². The third-order valence-electron chi connectivity index (χ3n) is 4.51. The summed E-state index contributed by atoms with van der Waals surface area (Å²) in [6, 6.07) is 0. The monoisotopic (exact) mass is 293 g/mol. The molecular formula is C17H27NO3. The second-order valence-electron chi connectivity index (χ2n) is 7.37. The summed E-state index contributed by atoms with van der Waals surface area (Å²) in [5.74, 6) is -0.729. The molecule has 4 nitrogen and oxygen atoms in total. The summed E-state index contributed by atoms with van der Waals surface area (Å²) in [5, 5.41) is 9.50. The Morgan fingerprint density at radius 3 is 1.95 bits per heavy atom. The number of hydrogen-bond acceptors (Lipinski definition) is 2. The van der Waals surface area contributed by atoms with Crippen LogP contribution in [0, 0.1) is 35.5 Å². The number of rotatable bonds is 6. The number of hydrogen-bond donors (Lipinski definition) is 1. The zero-order valence-corrected chi connectivity index (χ0v) is 13.5. The van der Waals surface area contributed by atoms with E-state index in [1.807, 2.05) is 11.0 Å². The van der Waals surface area contributed by atoms with Gasteiger partial charge in [-0.05, 0) is 30.1 Å². The van der Waals surface area contributed by atoms with Gasteiger partial charge in [0.05, 0.1) is 11.8 Å². The molecule has 2 aliphatic carbocycles. The molecule has 21 heavy (non-hydrogen) atoms. The topological polar surface area (TPSA) is 57.6 Å². The van der Waals surface area contributed by atoms with Crippen LogP contribution in [0.3, 0.4) is 0 Å². The van der Waals surface area contributed by atoms with Crippen molar-refractivity contribution >= 4 is 11.9 Å². The molecule has 0 saturated heterocycles. The molecule has 0 unspecified atom stereocenters. The maximum Gasteiger partial charge on any atom is 0.307 e. The normalized spacial score (nSPS) is 30.4. The zero-order valence-electron chi connectivity index (χ0n) is 13.5. The summed E-state index contributed by atoms with van der Waals surface area (Å²) in [5.41, 5.74) is 0. The first-order valence-corrected chi connectivity index (χ1v) is 8.01. The molecule has 2 aliphatic rings. The van der Waals surface area contributed by atoms with E-state index in [4.69, 9.17) is 0 Å². The molecular weight excluding hydrogens is 266 g/mol.